The highest BCUT2D eigenvalue weighted by molar-refractivity contribution is 5.79. The van der Waals surface area contributed by atoms with Crippen molar-refractivity contribution in [1.82, 2.24) is 20.4 Å². The van der Waals surface area contributed by atoms with Crippen LogP contribution in [0.4, 0.5) is 4.39 Å². The number of hydrogen-bond donors (Lipinski definition) is 2. The minimum absolute atomic E-state index is 0.118. The molecule has 0 spiro atoms. The SMILES string of the molecule is CN=C(NCc1cccc(Cn2cccn2)c1)NCC1(c2ccccc2F)CC1. The lowest BCUT2D eigenvalue weighted by Gasteiger charge is -2.19. The Morgan fingerprint density at radius 2 is 1.93 bits per heavy atom. The zero-order chi connectivity index (χ0) is 20.1. The second-order valence-electron chi connectivity index (χ2n) is 7.56. The molecule has 2 aromatic carbocycles. The number of aliphatic imine (C=N–C) groups is 1. The quantitative estimate of drug-likeness (QED) is 0.479. The van der Waals surface area contributed by atoms with E-state index in [0.717, 1.165) is 30.9 Å². The lowest BCUT2D eigenvalue weighted by molar-refractivity contribution is 0.559. The average molecular weight is 391 g/mol. The van der Waals surface area contributed by atoms with E-state index >= 15 is 0 Å². The largest absolute Gasteiger partial charge is 0.356 e. The van der Waals surface area contributed by atoms with Gasteiger partial charge >= 0.3 is 0 Å². The average Bonchev–Trinajstić information content (AvgIpc) is 3.35. The number of hydrogen-bond acceptors (Lipinski definition) is 2. The fourth-order valence-corrected chi connectivity index (χ4v) is 3.66. The van der Waals surface area contributed by atoms with Crippen LogP contribution in [0, 0.1) is 5.82 Å². The van der Waals surface area contributed by atoms with Crippen LogP contribution in [-0.4, -0.2) is 29.3 Å². The molecule has 0 unspecified atom stereocenters. The van der Waals surface area contributed by atoms with Gasteiger partial charge in [0.25, 0.3) is 0 Å². The molecule has 1 aliphatic rings. The number of aromatic nitrogens is 2. The van der Waals surface area contributed by atoms with Crippen LogP contribution >= 0.6 is 0 Å². The Kier molecular flexibility index (Phi) is 5.60. The van der Waals surface area contributed by atoms with Crippen LogP contribution in [0.2, 0.25) is 0 Å². The van der Waals surface area contributed by atoms with Gasteiger partial charge in [-0.3, -0.25) is 9.67 Å². The zero-order valence-corrected chi connectivity index (χ0v) is 16.6. The summed E-state index contributed by atoms with van der Waals surface area (Å²) in [6.45, 7) is 2.09. The van der Waals surface area contributed by atoms with Crippen LogP contribution in [-0.2, 0) is 18.5 Å². The van der Waals surface area contributed by atoms with Crippen molar-refractivity contribution >= 4 is 5.96 Å². The van der Waals surface area contributed by atoms with E-state index in [0.29, 0.717) is 13.1 Å². The molecule has 1 heterocycles. The highest BCUT2D eigenvalue weighted by Crippen LogP contribution is 2.48. The Bertz CT molecular complexity index is 976. The first-order valence-electron chi connectivity index (χ1n) is 9.93. The van der Waals surface area contributed by atoms with E-state index in [1.54, 1.807) is 25.4 Å². The van der Waals surface area contributed by atoms with E-state index in [-0.39, 0.29) is 11.2 Å². The molecule has 0 amide bonds. The molecular weight excluding hydrogens is 365 g/mol. The third-order valence-corrected chi connectivity index (χ3v) is 5.47. The van der Waals surface area contributed by atoms with Crippen molar-refractivity contribution in [2.45, 2.75) is 31.3 Å². The van der Waals surface area contributed by atoms with Crippen LogP contribution in [0.15, 0.2) is 72.0 Å². The first kappa shape index (κ1) is 19.2. The fourth-order valence-electron chi connectivity index (χ4n) is 3.66. The molecule has 1 fully saturated rings. The third-order valence-electron chi connectivity index (χ3n) is 5.47. The van der Waals surface area contributed by atoms with E-state index in [1.165, 1.54) is 11.1 Å². The maximum absolute atomic E-state index is 14.2. The van der Waals surface area contributed by atoms with E-state index in [9.17, 15) is 4.39 Å². The van der Waals surface area contributed by atoms with Crippen molar-refractivity contribution in [2.24, 2.45) is 4.99 Å². The number of rotatable bonds is 7. The standard InChI is InChI=1S/C23H26FN5/c1-25-22(27-17-23(10-11-23)20-8-2-3-9-21(20)24)26-15-18-6-4-7-19(14-18)16-29-13-5-12-28-29/h2-9,12-14H,10-11,15-17H2,1H3,(H2,25,26,27). The second-order valence-corrected chi connectivity index (χ2v) is 7.56. The Hall–Kier alpha value is -3.15. The second kappa shape index (κ2) is 8.47. The maximum Gasteiger partial charge on any atom is 0.191 e. The molecule has 150 valence electrons. The molecule has 6 heteroatoms. The zero-order valence-electron chi connectivity index (χ0n) is 16.6. The van der Waals surface area contributed by atoms with Crippen LogP contribution < -0.4 is 10.6 Å². The molecule has 0 aliphatic heterocycles. The maximum atomic E-state index is 14.2. The summed E-state index contributed by atoms with van der Waals surface area (Å²) in [6.07, 6.45) is 5.73. The number of halogens is 1. The summed E-state index contributed by atoms with van der Waals surface area (Å²) in [7, 11) is 1.76. The van der Waals surface area contributed by atoms with Gasteiger partial charge in [0.05, 0.1) is 6.54 Å². The topological polar surface area (TPSA) is 54.2 Å². The van der Waals surface area contributed by atoms with Crippen molar-refractivity contribution in [3.63, 3.8) is 0 Å². The Morgan fingerprint density at radius 1 is 1.10 bits per heavy atom. The lowest BCUT2D eigenvalue weighted by Crippen LogP contribution is -2.41. The van der Waals surface area contributed by atoms with Crippen LogP contribution in [0.1, 0.15) is 29.5 Å². The van der Waals surface area contributed by atoms with Crippen LogP contribution in [0.5, 0.6) is 0 Å². The first-order valence-corrected chi connectivity index (χ1v) is 9.93. The number of nitrogens with one attached hydrogen (secondary N) is 2. The third kappa shape index (κ3) is 4.65. The minimum Gasteiger partial charge on any atom is -0.356 e. The highest BCUT2D eigenvalue weighted by atomic mass is 19.1. The minimum atomic E-state index is -0.122. The summed E-state index contributed by atoms with van der Waals surface area (Å²) in [4.78, 5) is 4.32. The summed E-state index contributed by atoms with van der Waals surface area (Å²) in [5.41, 5.74) is 3.06. The van der Waals surface area contributed by atoms with Gasteiger partial charge < -0.3 is 10.6 Å². The lowest BCUT2D eigenvalue weighted by atomic mass is 9.95. The van der Waals surface area contributed by atoms with Crippen molar-refractivity contribution in [1.29, 1.82) is 0 Å². The van der Waals surface area contributed by atoms with Gasteiger partial charge in [-0.05, 0) is 41.7 Å². The number of benzene rings is 2. The number of nitrogens with zero attached hydrogens (tertiary/aromatic N) is 3. The Morgan fingerprint density at radius 3 is 2.66 bits per heavy atom. The van der Waals surface area contributed by atoms with E-state index < -0.39 is 0 Å². The molecule has 3 aromatic rings. The van der Waals surface area contributed by atoms with Gasteiger partial charge in [-0.2, -0.15) is 5.10 Å². The summed E-state index contributed by atoms with van der Waals surface area (Å²) in [5, 5.41) is 11.0. The van der Waals surface area contributed by atoms with Crippen molar-refractivity contribution in [3.05, 3.63) is 89.5 Å². The van der Waals surface area contributed by atoms with Gasteiger partial charge in [0.1, 0.15) is 5.82 Å². The fraction of sp³-hybridized carbons (Fsp3) is 0.304. The monoisotopic (exact) mass is 391 g/mol. The molecule has 5 nitrogen and oxygen atoms in total. The normalized spacial score (nSPS) is 15.2. The van der Waals surface area contributed by atoms with Crippen LogP contribution in [0.3, 0.4) is 0 Å². The van der Waals surface area contributed by atoms with Crippen LogP contribution in [0.25, 0.3) is 0 Å². The molecule has 0 radical (unpaired) electrons. The summed E-state index contributed by atoms with van der Waals surface area (Å²) >= 11 is 0. The molecule has 0 bridgehead atoms. The van der Waals surface area contributed by atoms with Gasteiger partial charge in [0, 0.05) is 37.9 Å². The molecule has 0 atom stereocenters. The molecule has 0 saturated heterocycles. The Labute approximate surface area is 170 Å². The molecular formula is C23H26FN5. The molecule has 1 saturated carbocycles. The Balaban J connectivity index is 1.33. The molecule has 29 heavy (non-hydrogen) atoms. The summed E-state index contributed by atoms with van der Waals surface area (Å²) in [6, 6.07) is 17.4. The smallest absolute Gasteiger partial charge is 0.191 e. The predicted octanol–water partition coefficient (Wildman–Crippen LogP) is 3.47. The molecule has 1 aliphatic carbocycles. The van der Waals surface area contributed by atoms with Gasteiger partial charge in [0.15, 0.2) is 5.96 Å². The van der Waals surface area contributed by atoms with Gasteiger partial charge in [-0.15, -0.1) is 0 Å². The summed E-state index contributed by atoms with van der Waals surface area (Å²) < 4.78 is 16.1. The van der Waals surface area contributed by atoms with E-state index in [4.69, 9.17) is 0 Å². The summed E-state index contributed by atoms with van der Waals surface area (Å²) in [5.74, 6) is 0.605. The predicted molar refractivity (Wildman–Crippen MR) is 113 cm³/mol. The number of guanidine groups is 1. The molecule has 4 rings (SSSR count). The van der Waals surface area contributed by atoms with E-state index in [1.807, 2.05) is 29.1 Å². The van der Waals surface area contributed by atoms with Crippen molar-refractivity contribution in [3.8, 4) is 0 Å². The van der Waals surface area contributed by atoms with Gasteiger partial charge in [-0.1, -0.05) is 42.5 Å². The van der Waals surface area contributed by atoms with Gasteiger partial charge in [-0.25, -0.2) is 4.39 Å². The van der Waals surface area contributed by atoms with Crippen molar-refractivity contribution < 1.29 is 4.39 Å². The van der Waals surface area contributed by atoms with E-state index in [2.05, 4.69) is 45.0 Å². The molecule has 2 N–H and O–H groups in total. The molecule has 1 aromatic heterocycles. The first-order chi connectivity index (χ1) is 14.2. The van der Waals surface area contributed by atoms with Gasteiger partial charge in [0.2, 0.25) is 0 Å². The highest BCUT2D eigenvalue weighted by Gasteiger charge is 2.45. The van der Waals surface area contributed by atoms with Crippen molar-refractivity contribution in [2.75, 3.05) is 13.6 Å².